The van der Waals surface area contributed by atoms with E-state index in [1.165, 1.54) is 6.07 Å². The maximum Gasteiger partial charge on any atom is 0.518 e. The van der Waals surface area contributed by atoms with Gasteiger partial charge in [0, 0.05) is 22.2 Å². The van der Waals surface area contributed by atoms with Crippen LogP contribution < -0.4 is 5.11 Å². The Morgan fingerprint density at radius 1 is 1.21 bits per heavy atom. The fourth-order valence-corrected chi connectivity index (χ4v) is 3.73. The molecule has 4 nitrogen and oxygen atoms in total. The van der Waals surface area contributed by atoms with Gasteiger partial charge in [0.15, 0.2) is 0 Å². The molecule has 0 radical (unpaired) electrons. The summed E-state index contributed by atoms with van der Waals surface area (Å²) in [4.78, 5) is 0. The number of sulfonamides is 1. The quantitative estimate of drug-likeness (QED) is 0.219. The maximum absolute atomic E-state index is 12.1. The van der Waals surface area contributed by atoms with Crippen molar-refractivity contribution in [2.75, 3.05) is 0 Å². The van der Waals surface area contributed by atoms with Gasteiger partial charge in [0.05, 0.1) is 0 Å². The van der Waals surface area contributed by atoms with E-state index in [0.717, 1.165) is 0 Å². The molecule has 0 N–H and O–H groups in total. The highest BCUT2D eigenvalue weighted by molar-refractivity contribution is 14.1. The summed E-state index contributed by atoms with van der Waals surface area (Å²) in [6.07, 6.45) is 0. The molecule has 0 aromatic heterocycles. The predicted octanol–water partition coefficient (Wildman–Crippen LogP) is 2.46. The van der Waals surface area contributed by atoms with Crippen molar-refractivity contribution in [1.29, 1.82) is 0 Å². The molecular weight excluding hydrogens is 628 g/mol. The van der Waals surface area contributed by atoms with Crippen LogP contribution in [0.3, 0.4) is 0 Å². The molecule has 0 aliphatic heterocycles. The first-order valence-corrected chi connectivity index (χ1v) is 8.86. The summed E-state index contributed by atoms with van der Waals surface area (Å²) in [5.74, 6) is -1.43. The Kier molecular flexibility index (Phi) is 5.73. The Balaban J connectivity index is 3.41. The number of rotatable bonds is 2. The Morgan fingerprint density at radius 2 is 1.74 bits per heavy atom. The summed E-state index contributed by atoms with van der Waals surface area (Å²) in [6.45, 7) is 0. The summed E-state index contributed by atoms with van der Waals surface area (Å²) >= 11 is 5.49. The van der Waals surface area contributed by atoms with Crippen LogP contribution in [0.1, 0.15) is 5.56 Å². The van der Waals surface area contributed by atoms with E-state index < -0.39 is 21.4 Å². The molecule has 0 atom stereocenters. The number of halogens is 6. The average molecular weight is 630 g/mol. The normalized spacial score (nSPS) is 13.7. The summed E-state index contributed by atoms with van der Waals surface area (Å²) < 4.78 is 61.8. The van der Waals surface area contributed by atoms with Gasteiger partial charge < -0.3 is 5.11 Å². The van der Waals surface area contributed by atoms with Crippen LogP contribution in [0.5, 0.6) is 0 Å². The predicted molar refractivity (Wildman–Crippen MR) is 86.1 cm³/mol. The van der Waals surface area contributed by atoms with Gasteiger partial charge in [-0.05, 0) is 79.9 Å². The molecule has 0 amide bonds. The lowest BCUT2D eigenvalue weighted by molar-refractivity contribution is -0.212. The second kappa shape index (κ2) is 6.17. The van der Waals surface area contributed by atoms with Gasteiger partial charge in [-0.2, -0.15) is 26.0 Å². The molecule has 1 aromatic rings. The van der Waals surface area contributed by atoms with Gasteiger partial charge in [-0.3, -0.25) is 0 Å². The number of hydrogen-bond donors (Lipinski definition) is 0. The number of benzene rings is 1. The van der Waals surface area contributed by atoms with Crippen LogP contribution in [-0.2, 0) is 10.0 Å². The Hall–Kier alpha value is 0.620. The van der Waals surface area contributed by atoms with Gasteiger partial charge in [0.2, 0.25) is 0 Å². The largest absolute Gasteiger partial charge is 0.858 e. The second-order valence-electron chi connectivity index (χ2n) is 3.07. The summed E-state index contributed by atoms with van der Waals surface area (Å²) in [5.41, 5.74) is -5.76. The van der Waals surface area contributed by atoms with Crippen molar-refractivity contribution in [2.24, 2.45) is 4.40 Å². The average Bonchev–Trinajstić information content (AvgIpc) is 2.20. The first-order chi connectivity index (χ1) is 8.45. The molecule has 11 heteroatoms. The fourth-order valence-electron chi connectivity index (χ4n) is 0.922. The zero-order chi connectivity index (χ0) is 15.0. The van der Waals surface area contributed by atoms with Crippen molar-refractivity contribution in [1.82, 2.24) is 0 Å². The van der Waals surface area contributed by atoms with Gasteiger partial charge in [-0.15, -0.1) is 0 Å². The molecule has 0 bridgehead atoms. The molecule has 0 heterocycles. The smallest absolute Gasteiger partial charge is 0.518 e. The van der Waals surface area contributed by atoms with Gasteiger partial charge in [-0.1, -0.05) is 0 Å². The third-order valence-electron chi connectivity index (χ3n) is 1.72. The molecule has 0 unspecified atom stereocenters. The van der Waals surface area contributed by atoms with Crippen molar-refractivity contribution < 1.29 is 26.7 Å². The van der Waals surface area contributed by atoms with Crippen LogP contribution in [0, 0.1) is 10.7 Å². The lowest BCUT2D eigenvalue weighted by atomic mass is 10.2. The molecule has 0 fully saturated rings. The molecule has 1 rings (SSSR count). The minimum atomic E-state index is -5.82. The lowest BCUT2D eigenvalue weighted by Crippen LogP contribution is -2.28. The Labute approximate surface area is 147 Å². The van der Waals surface area contributed by atoms with E-state index in [9.17, 15) is 26.7 Å². The molecule has 19 heavy (non-hydrogen) atoms. The number of hydrogen-bond acceptors (Lipinski definition) is 3. The fraction of sp³-hybridized carbons (Fsp3) is 0.125. The van der Waals surface area contributed by atoms with E-state index in [1.807, 2.05) is 45.2 Å². The molecule has 0 spiro atoms. The summed E-state index contributed by atoms with van der Waals surface area (Å²) in [6, 6.07) is 2.97. The van der Waals surface area contributed by atoms with E-state index in [-0.39, 0.29) is 5.56 Å². The second-order valence-corrected chi connectivity index (χ2v) is 8.15. The van der Waals surface area contributed by atoms with Crippen molar-refractivity contribution in [3.63, 3.8) is 0 Å². The molecule has 0 saturated heterocycles. The number of nitrogens with zero attached hydrogens (tertiary/aromatic N) is 1. The van der Waals surface area contributed by atoms with Gasteiger partial charge in [0.1, 0.15) is 0 Å². The molecule has 106 valence electrons. The SMILES string of the molecule is O=S(=O)(/N=C(\[O-])c1cc(I)cc(I)c1I)C(F)(F)F. The third-order valence-corrected chi connectivity index (χ3v) is 6.38. The van der Waals surface area contributed by atoms with E-state index >= 15 is 0 Å². The minimum Gasteiger partial charge on any atom is -0.858 e. The van der Waals surface area contributed by atoms with Gasteiger partial charge >= 0.3 is 15.5 Å². The van der Waals surface area contributed by atoms with Crippen molar-refractivity contribution in [3.05, 3.63) is 28.4 Å². The molecular formula is C8H2F3I3NO3S-. The van der Waals surface area contributed by atoms with E-state index in [1.54, 1.807) is 28.7 Å². The highest BCUT2D eigenvalue weighted by Gasteiger charge is 2.45. The van der Waals surface area contributed by atoms with Gasteiger partial charge in [0.25, 0.3) is 0 Å². The van der Waals surface area contributed by atoms with Crippen LogP contribution in [0.15, 0.2) is 16.5 Å². The van der Waals surface area contributed by atoms with Crippen LogP contribution in [0.2, 0.25) is 0 Å². The summed E-state index contributed by atoms with van der Waals surface area (Å²) in [7, 11) is -5.82. The maximum atomic E-state index is 12.1. The summed E-state index contributed by atoms with van der Waals surface area (Å²) in [5, 5.41) is 11.6. The monoisotopic (exact) mass is 630 g/mol. The Morgan fingerprint density at radius 3 is 2.21 bits per heavy atom. The molecule has 0 aliphatic carbocycles. The van der Waals surface area contributed by atoms with E-state index in [4.69, 9.17) is 0 Å². The third kappa shape index (κ3) is 4.29. The standard InChI is InChI=1S/C8H3F3I3NO3S/c9-8(10,11)19(17,18)15-7(16)4-1-3(12)2-5(13)6(4)14/h1-2H,(H,15,16)/p-1. The first kappa shape index (κ1) is 17.7. The molecule has 1 aromatic carbocycles. The molecule has 0 aliphatic rings. The van der Waals surface area contributed by atoms with Crippen LogP contribution in [-0.4, -0.2) is 19.8 Å². The van der Waals surface area contributed by atoms with Crippen LogP contribution in [0.4, 0.5) is 13.2 Å². The van der Waals surface area contributed by atoms with Crippen molar-refractivity contribution in [2.45, 2.75) is 5.51 Å². The van der Waals surface area contributed by atoms with E-state index in [2.05, 4.69) is 4.40 Å². The first-order valence-electron chi connectivity index (χ1n) is 4.19. The lowest BCUT2D eigenvalue weighted by Gasteiger charge is -2.15. The highest BCUT2D eigenvalue weighted by atomic mass is 127. The number of alkyl halides is 3. The van der Waals surface area contributed by atoms with Gasteiger partial charge in [-0.25, -0.2) is 0 Å². The molecule has 0 saturated carbocycles. The highest BCUT2D eigenvalue weighted by Crippen LogP contribution is 2.26. The zero-order valence-corrected chi connectivity index (χ0v) is 15.8. The zero-order valence-electron chi connectivity index (χ0n) is 8.50. The Bertz CT molecular complexity index is 643. The topological polar surface area (TPSA) is 69.6 Å². The van der Waals surface area contributed by atoms with Crippen LogP contribution in [0.25, 0.3) is 0 Å². The minimum absolute atomic E-state index is 0.176. The van der Waals surface area contributed by atoms with Crippen LogP contribution >= 0.6 is 67.8 Å². The van der Waals surface area contributed by atoms with Crippen molar-refractivity contribution >= 4 is 83.7 Å². The van der Waals surface area contributed by atoms with E-state index in [0.29, 0.717) is 10.7 Å². The van der Waals surface area contributed by atoms with Crippen molar-refractivity contribution in [3.8, 4) is 0 Å².